The molecule has 3 nitrogen and oxygen atoms in total. The van der Waals surface area contributed by atoms with Gasteiger partial charge in [0, 0.05) is 38.8 Å². The summed E-state index contributed by atoms with van der Waals surface area (Å²) in [5.74, 6) is 0.879. The molecule has 0 saturated carbocycles. The van der Waals surface area contributed by atoms with E-state index < -0.39 is 0 Å². The average molecular weight is 224 g/mol. The minimum atomic E-state index is 0.171. The summed E-state index contributed by atoms with van der Waals surface area (Å²) in [6.45, 7) is 13.3. The zero-order valence-corrected chi connectivity index (χ0v) is 11.0. The third-order valence-electron chi connectivity index (χ3n) is 2.72. The van der Waals surface area contributed by atoms with Crippen LogP contribution >= 0.6 is 0 Å². The summed E-state index contributed by atoms with van der Waals surface area (Å²) in [5, 5.41) is 0. The van der Waals surface area contributed by atoms with Gasteiger partial charge in [-0.2, -0.15) is 0 Å². The van der Waals surface area contributed by atoms with Crippen molar-refractivity contribution in [2.75, 3.05) is 32.7 Å². The lowest BCUT2D eigenvalue weighted by atomic mass is 10.2. The molecular weight excluding hydrogens is 200 g/mol. The Morgan fingerprint density at radius 3 is 2.19 bits per heavy atom. The van der Waals surface area contributed by atoms with Crippen LogP contribution in [-0.4, -0.2) is 48.4 Å². The van der Waals surface area contributed by atoms with E-state index in [1.54, 1.807) is 6.08 Å². The van der Waals surface area contributed by atoms with Gasteiger partial charge in [0.2, 0.25) is 5.91 Å². The van der Waals surface area contributed by atoms with Crippen LogP contribution in [0, 0.1) is 5.92 Å². The fraction of sp³-hybridized carbons (Fsp3) is 0.769. The highest BCUT2D eigenvalue weighted by Gasteiger charge is 2.19. The fourth-order valence-electron chi connectivity index (χ4n) is 2.01. The molecule has 0 aromatic heterocycles. The number of amides is 1. The van der Waals surface area contributed by atoms with Gasteiger partial charge in [0.1, 0.15) is 0 Å². The maximum Gasteiger partial charge on any atom is 0.246 e. The number of allylic oxidation sites excluding steroid dienone is 1. The second-order valence-electron chi connectivity index (χ2n) is 5.24. The predicted molar refractivity (Wildman–Crippen MR) is 67.3 cm³/mol. The normalized spacial score (nSPS) is 17.7. The largest absolute Gasteiger partial charge is 0.337 e. The molecule has 1 rings (SSSR count). The predicted octanol–water partition coefficient (Wildman–Crippen LogP) is 1.75. The smallest absolute Gasteiger partial charge is 0.246 e. The van der Waals surface area contributed by atoms with Crippen molar-refractivity contribution in [3.63, 3.8) is 0 Å². The maximum atomic E-state index is 11.8. The number of hydrogen-bond donors (Lipinski definition) is 0. The van der Waals surface area contributed by atoms with E-state index in [1.165, 1.54) is 0 Å². The molecule has 0 bridgehead atoms. The molecule has 0 aromatic carbocycles. The first kappa shape index (κ1) is 13.2. The molecule has 1 saturated heterocycles. The first-order valence-electron chi connectivity index (χ1n) is 6.15. The molecule has 0 aliphatic carbocycles. The van der Waals surface area contributed by atoms with Gasteiger partial charge in [-0.1, -0.05) is 19.4 Å². The minimum absolute atomic E-state index is 0.171. The number of hydrogen-bond acceptors (Lipinski definition) is 2. The Balaban J connectivity index is 2.37. The van der Waals surface area contributed by atoms with Crippen LogP contribution in [0.25, 0.3) is 0 Å². The molecule has 0 spiro atoms. The second-order valence-corrected chi connectivity index (χ2v) is 5.24. The highest BCUT2D eigenvalue weighted by molar-refractivity contribution is 5.88. The molecule has 0 N–H and O–H groups in total. The molecule has 1 amide bonds. The number of carbonyl (C=O) groups is 1. The summed E-state index contributed by atoms with van der Waals surface area (Å²) >= 11 is 0. The Morgan fingerprint density at radius 2 is 1.75 bits per heavy atom. The molecule has 0 aromatic rings. The SMILES string of the molecule is CC(C)=CC(=O)N1CCN(CC(C)C)CC1. The number of rotatable bonds is 3. The molecule has 0 radical (unpaired) electrons. The van der Waals surface area contributed by atoms with Crippen molar-refractivity contribution < 1.29 is 4.79 Å². The standard InChI is InChI=1S/C13H24N2O/c1-11(2)9-13(16)15-7-5-14(6-8-15)10-12(3)4/h9,12H,5-8,10H2,1-4H3. The van der Waals surface area contributed by atoms with Crippen molar-refractivity contribution in [1.29, 1.82) is 0 Å². The van der Waals surface area contributed by atoms with Crippen molar-refractivity contribution in [2.45, 2.75) is 27.7 Å². The summed E-state index contributed by atoms with van der Waals surface area (Å²) in [6.07, 6.45) is 1.73. The van der Waals surface area contributed by atoms with Crippen molar-refractivity contribution >= 4 is 5.91 Å². The van der Waals surface area contributed by atoms with Gasteiger partial charge in [-0.15, -0.1) is 0 Å². The highest BCUT2D eigenvalue weighted by atomic mass is 16.2. The molecule has 16 heavy (non-hydrogen) atoms. The van der Waals surface area contributed by atoms with Crippen LogP contribution in [-0.2, 0) is 4.79 Å². The van der Waals surface area contributed by atoms with Crippen LogP contribution in [0.4, 0.5) is 0 Å². The molecular formula is C13H24N2O. The summed E-state index contributed by atoms with van der Waals surface area (Å²) in [5.41, 5.74) is 1.08. The number of carbonyl (C=O) groups excluding carboxylic acids is 1. The van der Waals surface area contributed by atoms with Gasteiger partial charge >= 0.3 is 0 Å². The highest BCUT2D eigenvalue weighted by Crippen LogP contribution is 2.06. The van der Waals surface area contributed by atoms with Crippen molar-refractivity contribution in [2.24, 2.45) is 5.92 Å². The van der Waals surface area contributed by atoms with E-state index in [9.17, 15) is 4.79 Å². The summed E-state index contributed by atoms with van der Waals surface area (Å²) in [6, 6.07) is 0. The molecule has 1 aliphatic heterocycles. The molecule has 0 atom stereocenters. The van der Waals surface area contributed by atoms with E-state index in [-0.39, 0.29) is 5.91 Å². The third kappa shape index (κ3) is 4.35. The second kappa shape index (κ2) is 6.04. The maximum absolute atomic E-state index is 11.8. The Bertz CT molecular complexity index is 259. The first-order valence-corrected chi connectivity index (χ1v) is 6.15. The van der Waals surface area contributed by atoms with Gasteiger partial charge < -0.3 is 4.90 Å². The minimum Gasteiger partial charge on any atom is -0.337 e. The lowest BCUT2D eigenvalue weighted by Gasteiger charge is -2.35. The van der Waals surface area contributed by atoms with Gasteiger partial charge in [-0.3, -0.25) is 9.69 Å². The van der Waals surface area contributed by atoms with Crippen LogP contribution < -0.4 is 0 Å². The van der Waals surface area contributed by atoms with Crippen molar-refractivity contribution in [1.82, 2.24) is 9.80 Å². The van der Waals surface area contributed by atoms with Crippen LogP contribution in [0.2, 0.25) is 0 Å². The molecule has 0 unspecified atom stereocenters. The number of nitrogens with zero attached hydrogens (tertiary/aromatic N) is 2. The van der Waals surface area contributed by atoms with Crippen LogP contribution in [0.5, 0.6) is 0 Å². The van der Waals surface area contributed by atoms with E-state index in [2.05, 4.69) is 18.7 Å². The zero-order chi connectivity index (χ0) is 12.1. The summed E-state index contributed by atoms with van der Waals surface area (Å²) in [4.78, 5) is 16.2. The number of piperazine rings is 1. The monoisotopic (exact) mass is 224 g/mol. The van der Waals surface area contributed by atoms with E-state index in [4.69, 9.17) is 0 Å². The molecule has 92 valence electrons. The van der Waals surface area contributed by atoms with E-state index in [0.717, 1.165) is 38.3 Å². The van der Waals surface area contributed by atoms with Crippen molar-refractivity contribution in [3.05, 3.63) is 11.6 Å². The lowest BCUT2D eigenvalue weighted by Crippen LogP contribution is -2.49. The Labute approximate surface area is 99.1 Å². The van der Waals surface area contributed by atoms with E-state index >= 15 is 0 Å². The van der Waals surface area contributed by atoms with Crippen LogP contribution in [0.15, 0.2) is 11.6 Å². The van der Waals surface area contributed by atoms with Gasteiger partial charge in [-0.25, -0.2) is 0 Å². The van der Waals surface area contributed by atoms with Gasteiger partial charge in [0.15, 0.2) is 0 Å². The van der Waals surface area contributed by atoms with E-state index in [1.807, 2.05) is 18.7 Å². The first-order chi connectivity index (χ1) is 7.49. The molecule has 1 fully saturated rings. The summed E-state index contributed by atoms with van der Waals surface area (Å²) in [7, 11) is 0. The quantitative estimate of drug-likeness (QED) is 0.682. The third-order valence-corrected chi connectivity index (χ3v) is 2.72. The Morgan fingerprint density at radius 1 is 1.19 bits per heavy atom. The van der Waals surface area contributed by atoms with E-state index in [0.29, 0.717) is 5.92 Å². The molecule has 1 aliphatic rings. The fourth-order valence-corrected chi connectivity index (χ4v) is 2.01. The average Bonchev–Trinajstić information content (AvgIpc) is 2.16. The summed E-state index contributed by atoms with van der Waals surface area (Å²) < 4.78 is 0. The molecule has 3 heteroatoms. The van der Waals surface area contributed by atoms with Gasteiger partial charge in [0.25, 0.3) is 0 Å². The van der Waals surface area contributed by atoms with Crippen molar-refractivity contribution in [3.8, 4) is 0 Å². The topological polar surface area (TPSA) is 23.6 Å². The van der Waals surface area contributed by atoms with Gasteiger partial charge in [-0.05, 0) is 19.8 Å². The van der Waals surface area contributed by atoms with Crippen LogP contribution in [0.3, 0.4) is 0 Å². The zero-order valence-electron chi connectivity index (χ0n) is 11.0. The Hall–Kier alpha value is -0.830. The van der Waals surface area contributed by atoms with Gasteiger partial charge in [0.05, 0.1) is 0 Å². The lowest BCUT2D eigenvalue weighted by molar-refractivity contribution is -0.127. The molecule has 1 heterocycles. The van der Waals surface area contributed by atoms with Crippen LogP contribution in [0.1, 0.15) is 27.7 Å². The Kier molecular flexibility index (Phi) is 5.00.